The van der Waals surface area contributed by atoms with Gasteiger partial charge in [-0.25, -0.2) is 15.0 Å². The molecular weight excluding hydrogens is 252 g/mol. The van der Waals surface area contributed by atoms with Gasteiger partial charge in [0.2, 0.25) is 0 Å². The van der Waals surface area contributed by atoms with E-state index in [-0.39, 0.29) is 0 Å². The monoisotopic (exact) mass is 272 g/mol. The quantitative estimate of drug-likeness (QED) is 0.859. The molecule has 20 heavy (non-hydrogen) atoms. The second kappa shape index (κ2) is 5.61. The molecule has 1 aliphatic heterocycles. The zero-order valence-electron chi connectivity index (χ0n) is 12.0. The Kier molecular flexibility index (Phi) is 3.67. The molecule has 0 amide bonds. The van der Waals surface area contributed by atoms with Crippen LogP contribution < -0.4 is 4.90 Å². The first-order valence-electron chi connectivity index (χ1n) is 7.20. The van der Waals surface area contributed by atoms with Crippen LogP contribution in [0.4, 0.5) is 5.82 Å². The molecule has 1 saturated heterocycles. The van der Waals surface area contributed by atoms with E-state index in [9.17, 15) is 0 Å². The largest absolute Gasteiger partial charge is 0.449 e. The summed E-state index contributed by atoms with van der Waals surface area (Å²) in [6, 6.07) is 2.11. The Balaban J connectivity index is 1.67. The van der Waals surface area contributed by atoms with Crippen molar-refractivity contribution < 1.29 is 4.42 Å². The molecule has 0 unspecified atom stereocenters. The van der Waals surface area contributed by atoms with E-state index in [4.69, 9.17) is 4.42 Å². The van der Waals surface area contributed by atoms with Gasteiger partial charge in [-0.3, -0.25) is 0 Å². The van der Waals surface area contributed by atoms with Crippen LogP contribution in [0, 0.1) is 0 Å². The van der Waals surface area contributed by atoms with Crippen molar-refractivity contribution in [1.82, 2.24) is 15.0 Å². The van der Waals surface area contributed by atoms with Crippen LogP contribution >= 0.6 is 0 Å². The highest BCUT2D eigenvalue weighted by Crippen LogP contribution is 2.29. The minimum atomic E-state index is 0.432. The molecule has 2 aromatic heterocycles. The third-order valence-electron chi connectivity index (χ3n) is 3.88. The van der Waals surface area contributed by atoms with Gasteiger partial charge in [0.05, 0.1) is 6.20 Å². The lowest BCUT2D eigenvalue weighted by atomic mass is 9.97. The Morgan fingerprint density at radius 3 is 2.65 bits per heavy atom. The smallest absolute Gasteiger partial charge is 0.197 e. The van der Waals surface area contributed by atoms with Crippen molar-refractivity contribution in [3.8, 4) is 0 Å². The molecule has 1 fully saturated rings. The molecule has 106 valence electrons. The molecule has 5 nitrogen and oxygen atoms in total. The summed E-state index contributed by atoms with van der Waals surface area (Å²) in [5.41, 5.74) is 1.10. The van der Waals surface area contributed by atoms with Crippen LogP contribution in [0.5, 0.6) is 0 Å². The number of piperidine rings is 1. The highest BCUT2D eigenvalue weighted by Gasteiger charge is 2.24. The van der Waals surface area contributed by atoms with Crippen molar-refractivity contribution >= 4 is 5.82 Å². The van der Waals surface area contributed by atoms with E-state index in [1.807, 2.05) is 0 Å². The van der Waals surface area contributed by atoms with Crippen molar-refractivity contribution in [1.29, 1.82) is 0 Å². The van der Waals surface area contributed by atoms with Gasteiger partial charge < -0.3 is 9.32 Å². The molecule has 0 radical (unpaired) electrons. The summed E-state index contributed by atoms with van der Waals surface area (Å²) >= 11 is 0. The topological polar surface area (TPSA) is 55.1 Å². The number of aromatic nitrogens is 3. The molecule has 1 aliphatic rings. The minimum Gasteiger partial charge on any atom is -0.449 e. The first-order valence-corrected chi connectivity index (χ1v) is 7.20. The summed E-state index contributed by atoms with van der Waals surface area (Å²) in [5, 5.41) is 0. The number of nitrogens with zero attached hydrogens (tertiary/aromatic N) is 4. The van der Waals surface area contributed by atoms with Crippen molar-refractivity contribution in [2.75, 3.05) is 18.0 Å². The summed E-state index contributed by atoms with van der Waals surface area (Å²) in [4.78, 5) is 15.3. The van der Waals surface area contributed by atoms with Crippen LogP contribution in [0.2, 0.25) is 0 Å². The van der Waals surface area contributed by atoms with Gasteiger partial charge in [-0.1, -0.05) is 13.8 Å². The lowest BCUT2D eigenvalue weighted by Crippen LogP contribution is -2.33. The lowest BCUT2D eigenvalue weighted by molar-refractivity contribution is 0.392. The minimum absolute atomic E-state index is 0.432. The van der Waals surface area contributed by atoms with Gasteiger partial charge >= 0.3 is 0 Å². The average molecular weight is 272 g/mol. The number of hydrogen-bond acceptors (Lipinski definition) is 5. The van der Waals surface area contributed by atoms with Gasteiger partial charge in [0, 0.05) is 30.8 Å². The first kappa shape index (κ1) is 13.1. The zero-order valence-corrected chi connectivity index (χ0v) is 12.0. The van der Waals surface area contributed by atoms with Crippen LogP contribution in [0.1, 0.15) is 50.1 Å². The van der Waals surface area contributed by atoms with Crippen molar-refractivity contribution in [2.45, 2.75) is 38.5 Å². The van der Waals surface area contributed by atoms with E-state index in [1.165, 1.54) is 0 Å². The number of hydrogen-bond donors (Lipinski definition) is 0. The summed E-state index contributed by atoms with van der Waals surface area (Å²) in [5.74, 6) is 2.78. The van der Waals surface area contributed by atoms with Gasteiger partial charge in [0.25, 0.3) is 0 Å². The average Bonchev–Trinajstić information content (AvgIpc) is 3.02. The van der Waals surface area contributed by atoms with Crippen LogP contribution in [0.3, 0.4) is 0 Å². The molecule has 0 N–H and O–H groups in total. The highest BCUT2D eigenvalue weighted by molar-refractivity contribution is 5.40. The van der Waals surface area contributed by atoms with Crippen molar-refractivity contribution in [3.63, 3.8) is 0 Å². The van der Waals surface area contributed by atoms with Gasteiger partial charge in [-0.15, -0.1) is 0 Å². The molecule has 0 saturated carbocycles. The number of anilines is 1. The van der Waals surface area contributed by atoms with Crippen molar-refractivity contribution in [2.24, 2.45) is 0 Å². The maximum Gasteiger partial charge on any atom is 0.197 e. The fraction of sp³-hybridized carbons (Fsp3) is 0.533. The zero-order chi connectivity index (χ0) is 13.9. The van der Waals surface area contributed by atoms with Gasteiger partial charge in [-0.05, 0) is 18.8 Å². The fourth-order valence-electron chi connectivity index (χ4n) is 2.64. The predicted molar refractivity (Wildman–Crippen MR) is 76.8 cm³/mol. The van der Waals surface area contributed by atoms with Crippen LogP contribution in [-0.4, -0.2) is 28.0 Å². The Labute approximate surface area is 119 Å². The maximum atomic E-state index is 5.41. The highest BCUT2D eigenvalue weighted by atomic mass is 16.3. The van der Waals surface area contributed by atoms with Crippen LogP contribution in [0.15, 0.2) is 29.3 Å². The van der Waals surface area contributed by atoms with E-state index < -0.39 is 0 Å². The fourth-order valence-corrected chi connectivity index (χ4v) is 2.64. The van der Waals surface area contributed by atoms with Gasteiger partial charge in [0.1, 0.15) is 18.4 Å². The van der Waals surface area contributed by atoms with Crippen LogP contribution in [0.25, 0.3) is 0 Å². The number of oxazole rings is 1. The van der Waals surface area contributed by atoms with Gasteiger partial charge in [-0.2, -0.15) is 0 Å². The summed E-state index contributed by atoms with van der Waals surface area (Å²) < 4.78 is 5.41. The summed E-state index contributed by atoms with van der Waals surface area (Å²) in [6.45, 7) is 6.28. The lowest BCUT2D eigenvalue weighted by Gasteiger charge is -2.31. The van der Waals surface area contributed by atoms with E-state index in [0.717, 1.165) is 43.3 Å². The molecule has 0 aromatic carbocycles. The summed E-state index contributed by atoms with van der Waals surface area (Å²) in [7, 11) is 0. The number of rotatable bonds is 3. The molecule has 3 heterocycles. The third-order valence-corrected chi connectivity index (χ3v) is 3.88. The first-order chi connectivity index (χ1) is 9.74. The molecule has 0 atom stereocenters. The maximum absolute atomic E-state index is 5.41. The summed E-state index contributed by atoms with van der Waals surface area (Å²) in [6.07, 6.45) is 7.16. The molecule has 0 aliphatic carbocycles. The second-order valence-corrected chi connectivity index (χ2v) is 5.59. The van der Waals surface area contributed by atoms with Gasteiger partial charge in [0.15, 0.2) is 5.89 Å². The molecule has 2 aromatic rings. The Morgan fingerprint density at radius 2 is 2.00 bits per heavy atom. The SMILES string of the molecule is CC(C)c1cc(N2CCC(c3ncco3)CC2)ncn1. The van der Waals surface area contributed by atoms with Crippen molar-refractivity contribution in [3.05, 3.63) is 36.4 Å². The molecule has 0 spiro atoms. The van der Waals surface area contributed by atoms with E-state index in [2.05, 4.69) is 39.8 Å². The third kappa shape index (κ3) is 2.66. The predicted octanol–water partition coefficient (Wildman–Crippen LogP) is 2.97. The Hall–Kier alpha value is -1.91. The van der Waals surface area contributed by atoms with Crippen LogP contribution in [-0.2, 0) is 0 Å². The standard InChI is InChI=1S/C15H20N4O/c1-11(2)13-9-14(18-10-17-13)19-6-3-12(4-7-19)15-16-5-8-20-15/h5,8-12H,3-4,6-7H2,1-2H3. The molecular formula is C15H20N4O. The normalized spacial score (nSPS) is 16.9. The second-order valence-electron chi connectivity index (χ2n) is 5.59. The van der Waals surface area contributed by atoms with E-state index in [0.29, 0.717) is 11.8 Å². The molecule has 3 rings (SSSR count). The molecule has 5 heteroatoms. The van der Waals surface area contributed by atoms with E-state index >= 15 is 0 Å². The van der Waals surface area contributed by atoms with E-state index in [1.54, 1.807) is 18.8 Å². The Morgan fingerprint density at radius 1 is 1.20 bits per heavy atom. The Bertz CT molecular complexity index is 545. The molecule has 0 bridgehead atoms.